The maximum atomic E-state index is 13.2. The van der Waals surface area contributed by atoms with Gasteiger partial charge in [0.15, 0.2) is 0 Å². The number of nitrogens with zero attached hydrogens (tertiary/aromatic N) is 2. The highest BCUT2D eigenvalue weighted by atomic mass is 35.5. The van der Waals surface area contributed by atoms with Gasteiger partial charge in [-0.3, -0.25) is 14.5 Å². The van der Waals surface area contributed by atoms with E-state index in [1.165, 1.54) is 48.2 Å². The number of anilines is 1. The first-order valence-corrected chi connectivity index (χ1v) is 10.4. The van der Waals surface area contributed by atoms with Crippen molar-refractivity contribution in [3.63, 3.8) is 0 Å². The zero-order valence-corrected chi connectivity index (χ0v) is 17.1. The quantitative estimate of drug-likeness (QED) is 0.700. The van der Waals surface area contributed by atoms with Crippen LogP contribution in [0, 0.1) is 11.6 Å². The number of piperazine rings is 1. The smallest absolute Gasteiger partial charge is 0.238 e. The molecule has 0 unspecified atom stereocenters. The summed E-state index contributed by atoms with van der Waals surface area (Å²) in [6.07, 6.45) is 0. The van der Waals surface area contributed by atoms with Gasteiger partial charge in [-0.2, -0.15) is 0 Å². The third-order valence-corrected chi connectivity index (χ3v) is 5.74. The van der Waals surface area contributed by atoms with Crippen LogP contribution >= 0.6 is 23.4 Å². The van der Waals surface area contributed by atoms with Crippen LogP contribution < -0.4 is 5.32 Å². The number of nitrogens with one attached hydrogen (secondary N) is 1. The van der Waals surface area contributed by atoms with E-state index in [0.717, 1.165) is 4.90 Å². The van der Waals surface area contributed by atoms with Gasteiger partial charge in [-0.1, -0.05) is 11.6 Å². The van der Waals surface area contributed by atoms with Gasteiger partial charge in [-0.15, -0.1) is 11.8 Å². The molecule has 0 saturated carbocycles. The molecule has 1 aliphatic rings. The summed E-state index contributed by atoms with van der Waals surface area (Å²) in [6.45, 7) is 2.47. The Morgan fingerprint density at radius 3 is 2.38 bits per heavy atom. The van der Waals surface area contributed by atoms with E-state index in [9.17, 15) is 18.4 Å². The van der Waals surface area contributed by atoms with E-state index in [2.05, 4.69) is 5.32 Å². The van der Waals surface area contributed by atoms with Gasteiger partial charge in [0.2, 0.25) is 11.8 Å². The lowest BCUT2D eigenvalue weighted by molar-refractivity contribution is -0.130. The van der Waals surface area contributed by atoms with Crippen LogP contribution in [0.2, 0.25) is 5.02 Å². The molecule has 29 heavy (non-hydrogen) atoms. The Bertz CT molecular complexity index is 875. The number of carbonyl (C=O) groups is 2. The van der Waals surface area contributed by atoms with Crippen LogP contribution in [0.3, 0.4) is 0 Å². The molecule has 0 bridgehead atoms. The van der Waals surface area contributed by atoms with Crippen LogP contribution in [0.15, 0.2) is 47.4 Å². The number of carbonyl (C=O) groups excluding carboxylic acids is 2. The van der Waals surface area contributed by atoms with Crippen LogP contribution in [0.25, 0.3) is 0 Å². The topological polar surface area (TPSA) is 52.7 Å². The van der Waals surface area contributed by atoms with Crippen molar-refractivity contribution in [2.75, 3.05) is 43.8 Å². The van der Waals surface area contributed by atoms with Gasteiger partial charge < -0.3 is 10.2 Å². The number of thioether (sulfide) groups is 1. The molecule has 1 aliphatic heterocycles. The fourth-order valence-electron chi connectivity index (χ4n) is 2.90. The van der Waals surface area contributed by atoms with Crippen LogP contribution in [0.4, 0.5) is 14.5 Å². The van der Waals surface area contributed by atoms with Crippen molar-refractivity contribution >= 4 is 40.9 Å². The van der Waals surface area contributed by atoms with Crippen molar-refractivity contribution in [2.24, 2.45) is 0 Å². The molecule has 5 nitrogen and oxygen atoms in total. The molecule has 0 aliphatic carbocycles. The molecule has 0 spiro atoms. The Morgan fingerprint density at radius 1 is 1.03 bits per heavy atom. The van der Waals surface area contributed by atoms with E-state index < -0.39 is 5.82 Å². The summed E-state index contributed by atoms with van der Waals surface area (Å²) in [5.74, 6) is -0.787. The predicted molar refractivity (Wildman–Crippen MR) is 110 cm³/mol. The first-order valence-electron chi connectivity index (χ1n) is 9.04. The SMILES string of the molecule is O=C(CN1CCN(C(=O)CSc2ccc(F)c(Cl)c2)CC1)Nc1ccc(F)cc1. The third-order valence-electron chi connectivity index (χ3n) is 4.47. The molecule has 154 valence electrons. The van der Waals surface area contributed by atoms with E-state index in [4.69, 9.17) is 11.6 Å². The number of amides is 2. The minimum atomic E-state index is -0.484. The molecule has 2 aromatic carbocycles. The molecule has 1 N–H and O–H groups in total. The zero-order chi connectivity index (χ0) is 20.8. The van der Waals surface area contributed by atoms with Crippen LogP contribution in [0.5, 0.6) is 0 Å². The predicted octanol–water partition coefficient (Wildman–Crippen LogP) is 3.49. The Morgan fingerprint density at radius 2 is 1.72 bits per heavy atom. The van der Waals surface area contributed by atoms with Gasteiger partial charge >= 0.3 is 0 Å². The molecular weight excluding hydrogens is 420 g/mol. The van der Waals surface area contributed by atoms with Crippen molar-refractivity contribution < 1.29 is 18.4 Å². The highest BCUT2D eigenvalue weighted by molar-refractivity contribution is 8.00. The number of hydrogen-bond acceptors (Lipinski definition) is 4. The largest absolute Gasteiger partial charge is 0.339 e. The number of halogens is 3. The maximum Gasteiger partial charge on any atom is 0.238 e. The van der Waals surface area contributed by atoms with Gasteiger partial charge in [0, 0.05) is 36.8 Å². The first kappa shape index (κ1) is 21.5. The maximum absolute atomic E-state index is 13.2. The summed E-state index contributed by atoms with van der Waals surface area (Å²) in [6, 6.07) is 9.98. The monoisotopic (exact) mass is 439 g/mol. The molecule has 1 saturated heterocycles. The molecule has 0 radical (unpaired) electrons. The fourth-order valence-corrected chi connectivity index (χ4v) is 3.98. The van der Waals surface area contributed by atoms with Gasteiger partial charge in [0.25, 0.3) is 0 Å². The van der Waals surface area contributed by atoms with Gasteiger partial charge in [-0.25, -0.2) is 8.78 Å². The Kier molecular flexibility index (Phi) is 7.46. The number of rotatable bonds is 6. The molecule has 2 aromatic rings. The van der Waals surface area contributed by atoms with E-state index in [0.29, 0.717) is 31.9 Å². The van der Waals surface area contributed by atoms with Crippen LogP contribution in [-0.4, -0.2) is 60.1 Å². The first-order chi connectivity index (χ1) is 13.9. The molecule has 1 fully saturated rings. The summed E-state index contributed by atoms with van der Waals surface area (Å²) in [5.41, 5.74) is 0.545. The van der Waals surface area contributed by atoms with Crippen molar-refractivity contribution in [2.45, 2.75) is 4.90 Å². The second kappa shape index (κ2) is 10.0. The summed E-state index contributed by atoms with van der Waals surface area (Å²) in [4.78, 5) is 29.0. The van der Waals surface area contributed by atoms with Crippen molar-refractivity contribution in [3.8, 4) is 0 Å². The van der Waals surface area contributed by atoms with Crippen molar-refractivity contribution in [1.29, 1.82) is 0 Å². The van der Waals surface area contributed by atoms with E-state index in [1.54, 1.807) is 11.0 Å². The molecule has 0 atom stereocenters. The Balaban J connectivity index is 1.40. The fraction of sp³-hybridized carbons (Fsp3) is 0.300. The minimum absolute atomic E-state index is 0.00846. The summed E-state index contributed by atoms with van der Waals surface area (Å²) in [7, 11) is 0. The number of benzene rings is 2. The average molecular weight is 440 g/mol. The summed E-state index contributed by atoms with van der Waals surface area (Å²) in [5, 5.41) is 2.77. The van der Waals surface area contributed by atoms with E-state index in [-0.39, 0.29) is 35.0 Å². The summed E-state index contributed by atoms with van der Waals surface area (Å²) >= 11 is 7.07. The average Bonchev–Trinajstić information content (AvgIpc) is 2.71. The highest BCUT2D eigenvalue weighted by Crippen LogP contribution is 2.24. The highest BCUT2D eigenvalue weighted by Gasteiger charge is 2.22. The lowest BCUT2D eigenvalue weighted by Gasteiger charge is -2.34. The summed E-state index contributed by atoms with van der Waals surface area (Å²) < 4.78 is 26.1. The minimum Gasteiger partial charge on any atom is -0.339 e. The van der Waals surface area contributed by atoms with Crippen LogP contribution in [-0.2, 0) is 9.59 Å². The number of hydrogen-bond donors (Lipinski definition) is 1. The van der Waals surface area contributed by atoms with Crippen LogP contribution in [0.1, 0.15) is 0 Å². The third kappa shape index (κ3) is 6.42. The molecule has 2 amide bonds. The van der Waals surface area contributed by atoms with Crippen molar-refractivity contribution in [1.82, 2.24) is 9.80 Å². The lowest BCUT2D eigenvalue weighted by Crippen LogP contribution is -2.50. The normalized spacial score (nSPS) is 14.7. The van der Waals surface area contributed by atoms with Crippen molar-refractivity contribution in [3.05, 3.63) is 59.1 Å². The Hall–Kier alpha value is -2.16. The molecule has 3 rings (SSSR count). The van der Waals surface area contributed by atoms with E-state index >= 15 is 0 Å². The molecular formula is C20H20ClF2N3O2S. The second-order valence-corrected chi connectivity index (χ2v) is 8.03. The van der Waals surface area contributed by atoms with Gasteiger partial charge in [-0.05, 0) is 42.5 Å². The molecule has 9 heteroatoms. The second-order valence-electron chi connectivity index (χ2n) is 6.58. The van der Waals surface area contributed by atoms with Gasteiger partial charge in [0.05, 0.1) is 17.3 Å². The lowest BCUT2D eigenvalue weighted by atomic mass is 10.3. The molecule has 1 heterocycles. The zero-order valence-electron chi connectivity index (χ0n) is 15.5. The Labute approximate surface area is 177 Å². The molecule has 0 aromatic heterocycles. The standard InChI is InChI=1S/C20H20ClF2N3O2S/c21-17-11-16(5-6-18(17)23)29-13-20(28)26-9-7-25(8-10-26)12-19(27)24-15-3-1-14(22)2-4-15/h1-6,11H,7-10,12-13H2,(H,24,27). The van der Waals surface area contributed by atoms with Gasteiger partial charge in [0.1, 0.15) is 11.6 Å². The van der Waals surface area contributed by atoms with E-state index in [1.807, 2.05) is 4.90 Å².